The van der Waals surface area contributed by atoms with Crippen LogP contribution in [-0.4, -0.2) is 56.9 Å². The fraction of sp³-hybridized carbons (Fsp3) is 0.375. The zero-order valence-corrected chi connectivity index (χ0v) is 26.6. The number of amides is 2. The Labute approximate surface area is 268 Å². The Hall–Kier alpha value is -3.31. The minimum atomic E-state index is -4.25. The highest BCUT2D eigenvalue weighted by Gasteiger charge is 2.29. The van der Waals surface area contributed by atoms with Gasteiger partial charge in [-0.2, -0.15) is 8.42 Å². The first kappa shape index (κ1) is 32.1. The molecule has 0 radical (unpaired) electrons. The first-order valence-electron chi connectivity index (χ1n) is 14.9. The topological polar surface area (TPSA) is 108 Å². The summed E-state index contributed by atoms with van der Waals surface area (Å²) in [5.74, 6) is -0.634. The van der Waals surface area contributed by atoms with Gasteiger partial charge in [0.25, 0.3) is 15.9 Å². The molecule has 2 aliphatic rings. The summed E-state index contributed by atoms with van der Waals surface area (Å²) >= 11 is 12.2. The molecule has 9 nitrogen and oxygen atoms in total. The highest BCUT2D eigenvalue weighted by atomic mass is 35.5. The van der Waals surface area contributed by atoms with Crippen molar-refractivity contribution in [2.45, 2.75) is 61.9 Å². The normalized spacial score (nSPS) is 19.1. The van der Waals surface area contributed by atoms with Crippen LogP contribution in [-0.2, 0) is 14.8 Å². The van der Waals surface area contributed by atoms with Gasteiger partial charge in [0.2, 0.25) is 5.91 Å². The number of likely N-dealkylation sites (tertiary alicyclic amines) is 1. The lowest BCUT2D eigenvalue weighted by Crippen LogP contribution is -2.47. The van der Waals surface area contributed by atoms with Crippen LogP contribution in [0.25, 0.3) is 0 Å². The number of anilines is 1. The number of halogens is 2. The van der Waals surface area contributed by atoms with E-state index >= 15 is 0 Å². The van der Waals surface area contributed by atoms with E-state index in [-0.39, 0.29) is 45.4 Å². The van der Waals surface area contributed by atoms with Crippen molar-refractivity contribution < 1.29 is 22.8 Å². The molecule has 234 valence electrons. The van der Waals surface area contributed by atoms with Gasteiger partial charge in [-0.05, 0) is 106 Å². The summed E-state index contributed by atoms with van der Waals surface area (Å²) in [7, 11) is -4.25. The zero-order chi connectivity index (χ0) is 31.1. The van der Waals surface area contributed by atoms with E-state index in [1.807, 2.05) is 0 Å². The van der Waals surface area contributed by atoms with Crippen molar-refractivity contribution in [2.24, 2.45) is 0 Å². The average Bonchev–Trinajstić information content (AvgIpc) is 3.04. The summed E-state index contributed by atoms with van der Waals surface area (Å²) in [6, 6.07) is 18.8. The second kappa shape index (κ2) is 14.6. The number of carbonyl (C=O) groups excluding carboxylic acids is 2. The van der Waals surface area contributed by atoms with Crippen molar-refractivity contribution in [1.82, 2.24) is 15.5 Å². The van der Waals surface area contributed by atoms with Gasteiger partial charge in [-0.25, -0.2) is 0 Å². The van der Waals surface area contributed by atoms with Gasteiger partial charge in [0.05, 0.1) is 22.2 Å². The third kappa shape index (κ3) is 8.04. The Morgan fingerprint density at radius 1 is 0.886 bits per heavy atom. The molecule has 2 amide bonds. The largest absolute Gasteiger partial charge is 0.363 e. The second-order valence-electron chi connectivity index (χ2n) is 11.1. The van der Waals surface area contributed by atoms with Crippen molar-refractivity contribution >= 4 is 50.7 Å². The molecule has 44 heavy (non-hydrogen) atoms. The molecule has 0 spiro atoms. The molecule has 2 N–H and O–H groups in total. The molecular weight excluding hydrogens is 623 g/mol. The van der Waals surface area contributed by atoms with Gasteiger partial charge >= 0.3 is 0 Å². The number of nitrogens with one attached hydrogen (secondary N) is 2. The fourth-order valence-electron chi connectivity index (χ4n) is 5.71. The van der Waals surface area contributed by atoms with Gasteiger partial charge in [-0.15, -0.1) is 0 Å². The summed E-state index contributed by atoms with van der Waals surface area (Å²) in [4.78, 5) is 33.6. The SMILES string of the molecule is O=C(CNC(=O)c1ccc(S(=O)(=O)N(Oc2ccc(Cl)cc2Cl)c2ccccc2)cc1)NC1CCC(N2CCCCC2)CC1. The third-order valence-corrected chi connectivity index (χ3v) is 10.2. The molecule has 0 bridgehead atoms. The first-order chi connectivity index (χ1) is 21.2. The Morgan fingerprint density at radius 2 is 1.57 bits per heavy atom. The Balaban J connectivity index is 1.17. The van der Waals surface area contributed by atoms with E-state index in [1.165, 1.54) is 74.8 Å². The number of benzene rings is 3. The maximum Gasteiger partial charge on any atom is 0.295 e. The summed E-state index contributed by atoms with van der Waals surface area (Å²) < 4.78 is 28.1. The van der Waals surface area contributed by atoms with Gasteiger partial charge < -0.3 is 20.4 Å². The summed E-state index contributed by atoms with van der Waals surface area (Å²) in [5.41, 5.74) is 0.457. The van der Waals surface area contributed by atoms with E-state index < -0.39 is 15.9 Å². The van der Waals surface area contributed by atoms with Gasteiger partial charge in [0.1, 0.15) is 0 Å². The van der Waals surface area contributed by atoms with Crippen LogP contribution in [0.3, 0.4) is 0 Å². The highest BCUT2D eigenvalue weighted by Crippen LogP contribution is 2.32. The molecule has 0 unspecified atom stereocenters. The first-order valence-corrected chi connectivity index (χ1v) is 17.1. The lowest BCUT2D eigenvalue weighted by atomic mass is 9.89. The minimum Gasteiger partial charge on any atom is -0.363 e. The summed E-state index contributed by atoms with van der Waals surface area (Å²) in [6.07, 6.45) is 7.89. The number of nitrogens with zero attached hydrogens (tertiary/aromatic N) is 2. The molecule has 12 heteroatoms. The number of carbonyl (C=O) groups is 2. The van der Waals surface area contributed by atoms with Crippen LogP contribution in [0.4, 0.5) is 5.69 Å². The predicted molar refractivity (Wildman–Crippen MR) is 172 cm³/mol. The molecule has 0 aromatic heterocycles. The number of hydrogen-bond acceptors (Lipinski definition) is 6. The lowest BCUT2D eigenvalue weighted by Gasteiger charge is -2.39. The number of sulfonamides is 1. The van der Waals surface area contributed by atoms with Gasteiger partial charge in [0.15, 0.2) is 5.75 Å². The van der Waals surface area contributed by atoms with Crippen LogP contribution in [0.2, 0.25) is 10.0 Å². The predicted octanol–water partition coefficient (Wildman–Crippen LogP) is 5.83. The summed E-state index contributed by atoms with van der Waals surface area (Å²) in [5, 5.41) is 6.18. The molecule has 1 aliphatic heterocycles. The zero-order valence-electron chi connectivity index (χ0n) is 24.3. The van der Waals surface area contributed by atoms with Crippen molar-refractivity contribution in [1.29, 1.82) is 0 Å². The van der Waals surface area contributed by atoms with Crippen LogP contribution in [0.15, 0.2) is 77.7 Å². The maximum atomic E-state index is 13.7. The minimum absolute atomic E-state index is 0.0906. The molecule has 1 saturated carbocycles. The number of hydrogen-bond donors (Lipinski definition) is 2. The quantitative estimate of drug-likeness (QED) is 0.266. The van der Waals surface area contributed by atoms with E-state index in [0.717, 1.165) is 30.2 Å². The van der Waals surface area contributed by atoms with Gasteiger partial charge in [-0.3, -0.25) is 9.59 Å². The van der Waals surface area contributed by atoms with Crippen molar-refractivity contribution in [3.8, 4) is 5.75 Å². The Bertz CT molecular complexity index is 1540. The maximum absolute atomic E-state index is 13.7. The van der Waals surface area contributed by atoms with E-state index in [1.54, 1.807) is 30.3 Å². The van der Waals surface area contributed by atoms with E-state index in [2.05, 4.69) is 15.5 Å². The van der Waals surface area contributed by atoms with Crippen LogP contribution in [0.5, 0.6) is 5.75 Å². The average molecular weight is 660 g/mol. The van der Waals surface area contributed by atoms with E-state index in [9.17, 15) is 18.0 Å². The van der Waals surface area contributed by atoms with Crippen molar-refractivity contribution in [3.05, 3.63) is 88.4 Å². The van der Waals surface area contributed by atoms with E-state index in [0.29, 0.717) is 11.1 Å². The van der Waals surface area contributed by atoms with Crippen LogP contribution < -0.4 is 19.9 Å². The van der Waals surface area contributed by atoms with Gasteiger partial charge in [0, 0.05) is 22.7 Å². The van der Waals surface area contributed by atoms with Crippen LogP contribution in [0.1, 0.15) is 55.3 Å². The van der Waals surface area contributed by atoms with Crippen LogP contribution >= 0.6 is 23.2 Å². The number of rotatable bonds is 10. The molecule has 5 rings (SSSR count). The molecule has 1 aliphatic carbocycles. The summed E-state index contributed by atoms with van der Waals surface area (Å²) in [6.45, 7) is 2.19. The highest BCUT2D eigenvalue weighted by molar-refractivity contribution is 7.92. The number of para-hydroxylation sites is 1. The lowest BCUT2D eigenvalue weighted by molar-refractivity contribution is -0.121. The van der Waals surface area contributed by atoms with Crippen molar-refractivity contribution in [3.63, 3.8) is 0 Å². The number of piperidine rings is 1. The van der Waals surface area contributed by atoms with Crippen molar-refractivity contribution in [2.75, 3.05) is 24.1 Å². The Morgan fingerprint density at radius 3 is 2.23 bits per heavy atom. The molecule has 2 fully saturated rings. The third-order valence-electron chi connectivity index (χ3n) is 8.05. The van der Waals surface area contributed by atoms with E-state index in [4.69, 9.17) is 28.0 Å². The van der Waals surface area contributed by atoms with Crippen LogP contribution in [0, 0.1) is 0 Å². The monoisotopic (exact) mass is 658 g/mol. The molecule has 3 aromatic carbocycles. The Kier molecular flexibility index (Phi) is 10.7. The molecule has 1 saturated heterocycles. The molecule has 1 heterocycles. The second-order valence-corrected chi connectivity index (χ2v) is 13.7. The smallest absolute Gasteiger partial charge is 0.295 e. The molecule has 0 atom stereocenters. The standard InChI is InChI=1S/C32H36Cl2N4O5S/c33-24-11-18-30(29(34)21-24)43-38(27-7-3-1-4-8-27)44(41,42)28-16-9-23(10-17-28)32(40)35-22-31(39)36-25-12-14-26(15-13-25)37-19-5-2-6-20-37/h1,3-4,7-11,16-18,21,25-26H,2,5-6,12-15,19-20,22H2,(H,35,40)(H,36,39). The molecule has 3 aromatic rings. The molecular formula is C32H36Cl2N4O5S. The fourth-order valence-corrected chi connectivity index (χ4v) is 7.41. The van der Waals surface area contributed by atoms with Gasteiger partial charge in [-0.1, -0.05) is 52.3 Å².